The second-order valence-electron chi connectivity index (χ2n) is 15.2. The van der Waals surface area contributed by atoms with E-state index in [4.69, 9.17) is 9.47 Å². The van der Waals surface area contributed by atoms with Crippen molar-refractivity contribution in [1.82, 2.24) is 0 Å². The number of hydrogen-bond donors (Lipinski definition) is 2. The fraction of sp³-hybridized carbons (Fsp3) is 0.933. The number of hydrogen-bond acceptors (Lipinski definition) is 4. The lowest BCUT2D eigenvalue weighted by atomic mass is 9.34. The van der Waals surface area contributed by atoms with Crippen LogP contribution < -0.4 is 0 Å². The van der Waals surface area contributed by atoms with Crippen LogP contribution in [-0.2, 0) is 9.47 Å². The Balaban J connectivity index is 1.48. The van der Waals surface area contributed by atoms with E-state index in [1.165, 1.54) is 12.8 Å². The number of methoxy groups -OCH3 is 1. The zero-order chi connectivity index (χ0) is 24.7. The van der Waals surface area contributed by atoms with Crippen LogP contribution in [0.4, 0.5) is 0 Å². The van der Waals surface area contributed by atoms with Crippen molar-refractivity contribution < 1.29 is 19.7 Å². The van der Waals surface area contributed by atoms with Crippen LogP contribution in [0.2, 0.25) is 0 Å². The Labute approximate surface area is 206 Å². The molecule has 11 atom stereocenters. The fourth-order valence-corrected chi connectivity index (χ4v) is 11.4. The van der Waals surface area contributed by atoms with Gasteiger partial charge in [0.25, 0.3) is 0 Å². The Kier molecular flexibility index (Phi) is 4.73. The number of aliphatic hydroxyl groups is 2. The van der Waals surface area contributed by atoms with E-state index in [0.29, 0.717) is 11.8 Å². The third kappa shape index (κ3) is 2.42. The SMILES string of the molecule is CO[C@@]12[C@H]3C[C@]4(C)C(=CC[C@@H]5[C@@]6(C)CC[C@H](O)C(C)(C)[C@@H]6CC[C@]54C)[C@@H]1CC(C)(C)[C@H](O3)[C@@H]2O. The minimum atomic E-state index is -0.604. The first-order valence-corrected chi connectivity index (χ1v) is 14.0. The number of rotatable bonds is 1. The molecule has 4 saturated carbocycles. The summed E-state index contributed by atoms with van der Waals surface area (Å²) in [7, 11) is 1.80. The molecular formula is C30H48O4. The maximum absolute atomic E-state index is 11.5. The van der Waals surface area contributed by atoms with Crippen molar-refractivity contribution in [3.63, 3.8) is 0 Å². The van der Waals surface area contributed by atoms with Crippen LogP contribution >= 0.6 is 0 Å². The van der Waals surface area contributed by atoms with Crippen LogP contribution in [0.3, 0.4) is 0 Å². The normalized spacial score (nSPS) is 58.9. The molecule has 192 valence electrons. The quantitative estimate of drug-likeness (QED) is 0.494. The summed E-state index contributed by atoms with van der Waals surface area (Å²) in [6.07, 6.45) is 9.13. The summed E-state index contributed by atoms with van der Waals surface area (Å²) in [4.78, 5) is 0. The van der Waals surface area contributed by atoms with E-state index in [2.05, 4.69) is 54.5 Å². The van der Waals surface area contributed by atoms with Crippen LogP contribution in [-0.4, -0.2) is 47.3 Å². The average molecular weight is 473 g/mol. The van der Waals surface area contributed by atoms with Crippen LogP contribution in [0.5, 0.6) is 0 Å². The molecule has 5 fully saturated rings. The van der Waals surface area contributed by atoms with E-state index < -0.39 is 11.7 Å². The first kappa shape index (κ1) is 23.9. The predicted octanol–water partition coefficient (Wildman–Crippen LogP) is 5.51. The zero-order valence-electron chi connectivity index (χ0n) is 22.8. The lowest BCUT2D eigenvalue weighted by Crippen LogP contribution is -2.70. The molecular weight excluding hydrogens is 424 g/mol. The fourth-order valence-electron chi connectivity index (χ4n) is 11.4. The highest BCUT2D eigenvalue weighted by atomic mass is 16.6. The maximum Gasteiger partial charge on any atom is 0.129 e. The molecule has 1 saturated heterocycles. The topological polar surface area (TPSA) is 58.9 Å². The van der Waals surface area contributed by atoms with Gasteiger partial charge < -0.3 is 19.7 Å². The number of allylic oxidation sites excluding steroid dienone is 1. The van der Waals surface area contributed by atoms with Crippen LogP contribution in [0.1, 0.15) is 93.4 Å². The summed E-state index contributed by atoms with van der Waals surface area (Å²) in [6.45, 7) is 16.9. The van der Waals surface area contributed by atoms with E-state index in [9.17, 15) is 10.2 Å². The monoisotopic (exact) mass is 472 g/mol. The third-order valence-corrected chi connectivity index (χ3v) is 13.4. The number of fused-ring (bicyclic) bond motifs is 7. The van der Waals surface area contributed by atoms with Gasteiger partial charge in [-0.1, -0.05) is 60.1 Å². The second kappa shape index (κ2) is 6.71. The Morgan fingerprint density at radius 3 is 2.32 bits per heavy atom. The van der Waals surface area contributed by atoms with E-state index in [0.717, 1.165) is 32.1 Å². The second-order valence-corrected chi connectivity index (χ2v) is 15.2. The molecule has 1 heterocycles. The lowest BCUT2D eigenvalue weighted by Gasteiger charge is -2.71. The molecule has 0 aromatic heterocycles. The highest BCUT2D eigenvalue weighted by Crippen LogP contribution is 2.76. The van der Waals surface area contributed by atoms with Gasteiger partial charge in [-0.15, -0.1) is 0 Å². The molecule has 0 unspecified atom stereocenters. The van der Waals surface area contributed by atoms with Gasteiger partial charge in [0.05, 0.1) is 18.3 Å². The highest BCUT2D eigenvalue weighted by Gasteiger charge is 2.76. The molecule has 6 rings (SSSR count). The summed E-state index contributed by atoms with van der Waals surface area (Å²) in [5.41, 5.74) is 1.31. The highest BCUT2D eigenvalue weighted by molar-refractivity contribution is 5.39. The largest absolute Gasteiger partial charge is 0.393 e. The van der Waals surface area contributed by atoms with Crippen molar-refractivity contribution in [2.24, 2.45) is 44.8 Å². The molecule has 6 aliphatic rings. The molecule has 1 aliphatic heterocycles. The van der Waals surface area contributed by atoms with Crippen molar-refractivity contribution in [2.75, 3.05) is 7.11 Å². The van der Waals surface area contributed by atoms with E-state index in [-0.39, 0.29) is 51.3 Å². The van der Waals surface area contributed by atoms with Gasteiger partial charge >= 0.3 is 0 Å². The summed E-state index contributed by atoms with van der Waals surface area (Å²) in [6, 6.07) is 0. The van der Waals surface area contributed by atoms with Gasteiger partial charge in [-0.25, -0.2) is 0 Å². The van der Waals surface area contributed by atoms with Crippen LogP contribution in [0.15, 0.2) is 11.6 Å². The molecule has 0 aromatic carbocycles. The zero-order valence-corrected chi connectivity index (χ0v) is 22.8. The molecule has 4 nitrogen and oxygen atoms in total. The molecule has 2 N–H and O–H groups in total. The molecule has 34 heavy (non-hydrogen) atoms. The van der Waals surface area contributed by atoms with E-state index >= 15 is 0 Å². The Bertz CT molecular complexity index is 923. The van der Waals surface area contributed by atoms with Gasteiger partial charge in [-0.2, -0.15) is 0 Å². The lowest BCUT2D eigenvalue weighted by molar-refractivity contribution is -0.223. The van der Waals surface area contributed by atoms with Crippen molar-refractivity contribution in [1.29, 1.82) is 0 Å². The summed E-state index contributed by atoms with van der Waals surface area (Å²) >= 11 is 0. The molecule has 0 radical (unpaired) electrons. The Morgan fingerprint density at radius 2 is 1.65 bits per heavy atom. The minimum Gasteiger partial charge on any atom is -0.393 e. The van der Waals surface area contributed by atoms with Crippen molar-refractivity contribution >= 4 is 0 Å². The van der Waals surface area contributed by atoms with E-state index in [1.54, 1.807) is 12.7 Å². The van der Waals surface area contributed by atoms with Crippen LogP contribution in [0, 0.1) is 44.8 Å². The predicted molar refractivity (Wildman–Crippen MR) is 133 cm³/mol. The van der Waals surface area contributed by atoms with Gasteiger partial charge in [-0.05, 0) is 83.9 Å². The van der Waals surface area contributed by atoms with Gasteiger partial charge in [0.15, 0.2) is 0 Å². The molecule has 5 aliphatic carbocycles. The molecule has 0 amide bonds. The first-order chi connectivity index (χ1) is 15.7. The molecule has 4 heteroatoms. The van der Waals surface area contributed by atoms with Crippen LogP contribution in [0.25, 0.3) is 0 Å². The summed E-state index contributed by atoms with van der Waals surface area (Å²) < 4.78 is 13.1. The minimum absolute atomic E-state index is 0.0294. The number of aliphatic hydroxyl groups excluding tert-OH is 2. The van der Waals surface area contributed by atoms with Gasteiger partial charge in [-0.3, -0.25) is 0 Å². The van der Waals surface area contributed by atoms with Crippen molar-refractivity contribution in [3.05, 3.63) is 11.6 Å². The smallest absolute Gasteiger partial charge is 0.129 e. The van der Waals surface area contributed by atoms with Gasteiger partial charge in [0, 0.05) is 13.0 Å². The van der Waals surface area contributed by atoms with Gasteiger partial charge in [0.1, 0.15) is 11.7 Å². The third-order valence-electron chi connectivity index (χ3n) is 13.4. The Morgan fingerprint density at radius 1 is 0.941 bits per heavy atom. The van der Waals surface area contributed by atoms with Crippen molar-refractivity contribution in [3.8, 4) is 0 Å². The average Bonchev–Trinajstić information content (AvgIpc) is 3.00. The maximum atomic E-state index is 11.5. The number of ether oxygens (including phenoxy) is 2. The molecule has 0 aromatic rings. The van der Waals surface area contributed by atoms with Crippen molar-refractivity contribution in [2.45, 2.75) is 123 Å². The molecule has 0 spiro atoms. The Hall–Kier alpha value is -0.420. The summed E-state index contributed by atoms with van der Waals surface area (Å²) in [5.74, 6) is 1.37. The standard InChI is InChI=1S/C30H48O4/c1-25(2)15-18-17-9-10-20-27(5)13-12-21(31)26(3,4)19(27)11-14-28(20,6)29(17,7)16-22-30(18,33-8)23(32)24(25)34-22/h9,18-24,31-32H,10-16H2,1-8H3/t18-,19-,20+,21-,22+,23-,24+,27-,28+,29+,30+/m0/s1. The van der Waals surface area contributed by atoms with Gasteiger partial charge in [0.2, 0.25) is 0 Å². The first-order valence-electron chi connectivity index (χ1n) is 14.0. The molecule has 2 bridgehead atoms. The summed E-state index contributed by atoms with van der Waals surface area (Å²) in [5, 5.41) is 22.5. The van der Waals surface area contributed by atoms with E-state index in [1.807, 2.05) is 0 Å².